The molecule has 14 heteroatoms. The third-order valence-electron chi connectivity index (χ3n) is 4.67. The molecule has 1 radical (unpaired) electrons. The SMILES string of the molecule is O=C1N[C@H]2[C@H](CS[C@H]2CCCCC(=O)ON2C(=O)CC(S(=O)(=O)O)C2=O)N1.[Na]. The summed E-state index contributed by atoms with van der Waals surface area (Å²) in [6.45, 7) is 0. The van der Waals surface area contributed by atoms with Crippen molar-refractivity contribution in [3.63, 3.8) is 0 Å². The van der Waals surface area contributed by atoms with Crippen LogP contribution in [0.25, 0.3) is 0 Å². The van der Waals surface area contributed by atoms with Crippen LogP contribution < -0.4 is 10.6 Å². The first-order valence-corrected chi connectivity index (χ1v) is 10.9. The van der Waals surface area contributed by atoms with Gasteiger partial charge in [0.2, 0.25) is 0 Å². The molecule has 3 fully saturated rings. The van der Waals surface area contributed by atoms with Crippen molar-refractivity contribution >= 4 is 75.3 Å². The predicted molar refractivity (Wildman–Crippen MR) is 97.6 cm³/mol. The number of amides is 4. The number of hydroxylamine groups is 2. The van der Waals surface area contributed by atoms with Crippen molar-refractivity contribution in [2.45, 2.75) is 54.7 Å². The Morgan fingerprint density at radius 3 is 2.61 bits per heavy atom. The third-order valence-corrected chi connectivity index (χ3v) is 7.27. The van der Waals surface area contributed by atoms with E-state index < -0.39 is 39.6 Å². The fourth-order valence-electron chi connectivity index (χ4n) is 3.32. The van der Waals surface area contributed by atoms with Crippen LogP contribution in [0.4, 0.5) is 4.79 Å². The average molecular weight is 444 g/mol. The third kappa shape index (κ3) is 5.19. The number of hydrogen-bond acceptors (Lipinski definition) is 8. The number of urea groups is 1. The number of nitrogens with one attached hydrogen (secondary N) is 2. The minimum Gasteiger partial charge on any atom is -0.332 e. The van der Waals surface area contributed by atoms with Gasteiger partial charge < -0.3 is 15.5 Å². The first-order valence-electron chi connectivity index (χ1n) is 8.39. The summed E-state index contributed by atoms with van der Waals surface area (Å²) in [6.07, 6.45) is 1.11. The molecule has 11 nitrogen and oxygen atoms in total. The van der Waals surface area contributed by atoms with Crippen LogP contribution in [-0.4, -0.2) is 99.7 Å². The van der Waals surface area contributed by atoms with Crippen molar-refractivity contribution in [3.8, 4) is 0 Å². The zero-order valence-electron chi connectivity index (χ0n) is 15.1. The van der Waals surface area contributed by atoms with Crippen LogP contribution in [-0.2, 0) is 29.3 Å². The molecule has 1 unspecified atom stereocenters. The minimum atomic E-state index is -4.74. The van der Waals surface area contributed by atoms with Crippen molar-refractivity contribution in [3.05, 3.63) is 0 Å². The van der Waals surface area contributed by atoms with Crippen LogP contribution in [0.15, 0.2) is 0 Å². The van der Waals surface area contributed by atoms with Crippen LogP contribution >= 0.6 is 11.8 Å². The quantitative estimate of drug-likeness (QED) is 0.144. The van der Waals surface area contributed by atoms with E-state index in [2.05, 4.69) is 15.5 Å². The Morgan fingerprint density at radius 2 is 1.96 bits per heavy atom. The number of imide groups is 1. The molecule has 3 heterocycles. The summed E-state index contributed by atoms with van der Waals surface area (Å²) in [7, 11) is -4.74. The zero-order valence-corrected chi connectivity index (χ0v) is 18.8. The first-order chi connectivity index (χ1) is 12.7. The smallest absolute Gasteiger partial charge is 0.332 e. The standard InChI is InChI=1S/C14H19N3O8S2.Na/c18-10-5-9(27(22,23)24)13(20)17(10)25-11(19)4-2-1-3-8-12-7(6-26-8)15-14(21)16-12;/h7-9,12H,1-6H2,(H2,15,16,21)(H,22,23,24);/t7-,8-,9?,12-;/m0./s1. The monoisotopic (exact) mass is 444 g/mol. The van der Waals surface area contributed by atoms with Gasteiger partial charge in [-0.05, 0) is 12.8 Å². The van der Waals surface area contributed by atoms with Gasteiger partial charge in [-0.3, -0.25) is 14.1 Å². The molecule has 4 amide bonds. The molecule has 0 aromatic rings. The van der Waals surface area contributed by atoms with Gasteiger partial charge in [-0.2, -0.15) is 20.2 Å². The number of rotatable bonds is 7. The summed E-state index contributed by atoms with van der Waals surface area (Å²) < 4.78 is 31.0. The molecule has 3 rings (SSSR count). The summed E-state index contributed by atoms with van der Waals surface area (Å²) in [6, 6.07) is 0.0362. The fourth-order valence-corrected chi connectivity index (χ4v) is 5.56. The van der Waals surface area contributed by atoms with E-state index in [1.807, 2.05) is 0 Å². The molecule has 0 aromatic heterocycles. The van der Waals surface area contributed by atoms with Crippen molar-refractivity contribution in [1.82, 2.24) is 15.7 Å². The van der Waals surface area contributed by atoms with Crippen LogP contribution in [0.5, 0.6) is 0 Å². The first kappa shape index (κ1) is 23.4. The van der Waals surface area contributed by atoms with Gasteiger partial charge in [-0.15, -0.1) is 5.06 Å². The van der Waals surface area contributed by atoms with Gasteiger partial charge in [-0.25, -0.2) is 9.59 Å². The van der Waals surface area contributed by atoms with E-state index in [-0.39, 0.29) is 64.4 Å². The average Bonchev–Trinajstić information content (AvgIpc) is 3.19. The topological polar surface area (TPSA) is 159 Å². The van der Waals surface area contributed by atoms with Gasteiger partial charge in [0.05, 0.1) is 18.5 Å². The number of unbranched alkanes of at least 4 members (excludes halogenated alkanes) is 1. The summed E-state index contributed by atoms with van der Waals surface area (Å²) in [4.78, 5) is 51.2. The van der Waals surface area contributed by atoms with Gasteiger partial charge in [0.1, 0.15) is 0 Å². The second-order valence-electron chi connectivity index (χ2n) is 6.57. The Labute approximate surface area is 187 Å². The van der Waals surface area contributed by atoms with Gasteiger partial charge in [0.25, 0.3) is 21.9 Å². The van der Waals surface area contributed by atoms with Gasteiger partial charge in [0.15, 0.2) is 5.25 Å². The Bertz CT molecular complexity index is 777. The maximum Gasteiger partial charge on any atom is 0.333 e. The molecule has 28 heavy (non-hydrogen) atoms. The van der Waals surface area contributed by atoms with E-state index in [9.17, 15) is 27.6 Å². The summed E-state index contributed by atoms with van der Waals surface area (Å²) in [5.74, 6) is -2.26. The van der Waals surface area contributed by atoms with Crippen molar-refractivity contribution in [2.24, 2.45) is 0 Å². The Hall–Kier alpha value is -0.860. The second kappa shape index (κ2) is 9.30. The normalized spacial score (nSPS) is 29.2. The van der Waals surface area contributed by atoms with Crippen molar-refractivity contribution in [2.75, 3.05) is 5.75 Å². The van der Waals surface area contributed by atoms with Gasteiger partial charge >= 0.3 is 12.0 Å². The molecule has 3 N–H and O–H groups in total. The number of fused-ring (bicyclic) bond motifs is 1. The molecule has 0 aromatic carbocycles. The maximum absolute atomic E-state index is 11.8. The number of thioether (sulfide) groups is 1. The Morgan fingerprint density at radius 1 is 1.25 bits per heavy atom. The minimum absolute atomic E-state index is 0. The molecular weight excluding hydrogens is 425 g/mol. The van der Waals surface area contributed by atoms with E-state index in [4.69, 9.17) is 4.55 Å². The maximum atomic E-state index is 11.8. The van der Waals surface area contributed by atoms with Crippen LogP contribution in [0.1, 0.15) is 32.1 Å². The van der Waals surface area contributed by atoms with E-state index in [0.717, 1.165) is 12.2 Å². The van der Waals surface area contributed by atoms with E-state index in [0.29, 0.717) is 12.8 Å². The van der Waals surface area contributed by atoms with Gasteiger partial charge in [0, 0.05) is 47.0 Å². The number of carbonyl (C=O) groups excluding carboxylic acids is 4. The molecule has 3 aliphatic rings. The summed E-state index contributed by atoms with van der Waals surface area (Å²) in [5, 5.41) is 4.15. The molecule has 0 aliphatic carbocycles. The van der Waals surface area contributed by atoms with Crippen LogP contribution in [0.2, 0.25) is 0 Å². The molecule has 3 saturated heterocycles. The van der Waals surface area contributed by atoms with Gasteiger partial charge in [-0.1, -0.05) is 6.42 Å². The molecule has 4 atom stereocenters. The van der Waals surface area contributed by atoms with Crippen molar-refractivity contribution in [1.29, 1.82) is 0 Å². The molecule has 0 spiro atoms. The molecule has 151 valence electrons. The summed E-state index contributed by atoms with van der Waals surface area (Å²) >= 11 is 1.75. The Balaban J connectivity index is 0.00000280. The largest absolute Gasteiger partial charge is 0.333 e. The number of carbonyl (C=O) groups is 4. The molecule has 3 aliphatic heterocycles. The predicted octanol–water partition coefficient (Wildman–Crippen LogP) is -1.20. The van der Waals surface area contributed by atoms with Crippen LogP contribution in [0, 0.1) is 0 Å². The summed E-state index contributed by atoms with van der Waals surface area (Å²) in [5.41, 5.74) is 0. The van der Waals surface area contributed by atoms with Crippen LogP contribution in [0.3, 0.4) is 0 Å². The number of hydrogen-bond donors (Lipinski definition) is 3. The van der Waals surface area contributed by atoms with E-state index >= 15 is 0 Å². The zero-order chi connectivity index (χ0) is 19.8. The fraction of sp³-hybridized carbons (Fsp3) is 0.714. The van der Waals surface area contributed by atoms with Crippen molar-refractivity contribution < 1.29 is 37.0 Å². The van der Waals surface area contributed by atoms with E-state index in [1.54, 1.807) is 11.8 Å². The molecular formula is C14H19N3NaO8S2. The Kier molecular flexibility index (Phi) is 7.78. The molecule has 0 bridgehead atoms. The second-order valence-corrected chi connectivity index (χ2v) is 9.44. The number of nitrogens with zero attached hydrogens (tertiary/aromatic N) is 1. The van der Waals surface area contributed by atoms with E-state index in [1.165, 1.54) is 0 Å². The molecule has 0 saturated carbocycles.